The third-order valence-electron chi connectivity index (χ3n) is 1.38. The summed E-state index contributed by atoms with van der Waals surface area (Å²) in [6, 6.07) is 5.95. The molecule has 12 heavy (non-hydrogen) atoms. The lowest BCUT2D eigenvalue weighted by molar-refractivity contribution is 0.534. The molecule has 2 nitrogen and oxygen atoms in total. The van der Waals surface area contributed by atoms with Crippen molar-refractivity contribution in [2.24, 2.45) is 4.99 Å². The molecule has 0 saturated carbocycles. The van der Waals surface area contributed by atoms with E-state index in [1.165, 1.54) is 12.1 Å². The second-order valence-corrected chi connectivity index (χ2v) is 2.30. The second-order valence-electron chi connectivity index (χ2n) is 2.30. The highest BCUT2D eigenvalue weighted by Crippen LogP contribution is 2.11. The maximum absolute atomic E-state index is 12.6. The van der Waals surface area contributed by atoms with Gasteiger partial charge in [0.25, 0.3) is 0 Å². The molecule has 0 atom stereocenters. The van der Waals surface area contributed by atoms with Crippen LogP contribution in [0.1, 0.15) is 6.92 Å². The van der Waals surface area contributed by atoms with Gasteiger partial charge in [0.1, 0.15) is 11.6 Å². The first-order valence-electron chi connectivity index (χ1n) is 3.59. The highest BCUT2D eigenvalue weighted by molar-refractivity contribution is 5.75. The predicted octanol–water partition coefficient (Wildman–Crippen LogP) is 2.25. The van der Waals surface area contributed by atoms with Crippen LogP contribution in [0.5, 0.6) is 5.75 Å². The van der Waals surface area contributed by atoms with Gasteiger partial charge in [-0.3, -0.25) is 4.99 Å². The largest absolute Gasteiger partial charge is 0.444 e. The average molecular weight is 167 g/mol. The molecule has 0 aromatic heterocycles. The molecular formula is C9H10FNO. The van der Waals surface area contributed by atoms with Crippen molar-refractivity contribution in [2.75, 3.05) is 7.05 Å². The lowest BCUT2D eigenvalue weighted by Crippen LogP contribution is -2.02. The van der Waals surface area contributed by atoms with Crippen molar-refractivity contribution in [3.63, 3.8) is 0 Å². The predicted molar refractivity (Wildman–Crippen MR) is 46.1 cm³/mol. The fourth-order valence-corrected chi connectivity index (χ4v) is 0.747. The Morgan fingerprint density at radius 2 is 2.25 bits per heavy atom. The highest BCUT2D eigenvalue weighted by Gasteiger charge is 1.96. The Morgan fingerprint density at radius 3 is 2.83 bits per heavy atom. The number of nitrogens with zero attached hydrogens (tertiary/aromatic N) is 1. The Balaban J connectivity index is 2.76. The van der Waals surface area contributed by atoms with Gasteiger partial charge in [0.2, 0.25) is 0 Å². The van der Waals surface area contributed by atoms with Crippen LogP contribution >= 0.6 is 0 Å². The van der Waals surface area contributed by atoms with Crippen LogP contribution in [0.15, 0.2) is 29.3 Å². The Bertz CT molecular complexity index is 296. The van der Waals surface area contributed by atoms with Crippen LogP contribution < -0.4 is 4.74 Å². The Hall–Kier alpha value is -1.38. The molecule has 0 heterocycles. The van der Waals surface area contributed by atoms with Crippen LogP contribution in [0, 0.1) is 5.82 Å². The number of hydrogen-bond acceptors (Lipinski definition) is 2. The zero-order valence-corrected chi connectivity index (χ0v) is 7.04. The molecule has 0 aliphatic rings. The van der Waals surface area contributed by atoms with Crippen LogP contribution in [0.4, 0.5) is 4.39 Å². The molecule has 0 N–H and O–H groups in total. The number of ether oxygens (including phenoxy) is 1. The number of halogens is 1. The molecular weight excluding hydrogens is 157 g/mol. The van der Waals surface area contributed by atoms with E-state index in [9.17, 15) is 4.39 Å². The highest BCUT2D eigenvalue weighted by atomic mass is 19.1. The molecule has 0 saturated heterocycles. The summed E-state index contributed by atoms with van der Waals surface area (Å²) < 4.78 is 17.8. The Morgan fingerprint density at radius 1 is 1.50 bits per heavy atom. The molecule has 0 bridgehead atoms. The average Bonchev–Trinajstić information content (AvgIpc) is 2.04. The van der Waals surface area contributed by atoms with Gasteiger partial charge in [0, 0.05) is 20.0 Å². The van der Waals surface area contributed by atoms with E-state index < -0.39 is 0 Å². The minimum absolute atomic E-state index is 0.309. The van der Waals surface area contributed by atoms with Gasteiger partial charge < -0.3 is 4.74 Å². The van der Waals surface area contributed by atoms with Gasteiger partial charge in [-0.05, 0) is 12.1 Å². The summed E-state index contributed by atoms with van der Waals surface area (Å²) in [5.74, 6) is 0.676. The minimum atomic E-state index is -0.309. The van der Waals surface area contributed by atoms with Gasteiger partial charge in [0.15, 0.2) is 5.90 Å². The van der Waals surface area contributed by atoms with E-state index >= 15 is 0 Å². The van der Waals surface area contributed by atoms with E-state index in [1.807, 2.05) is 0 Å². The summed E-state index contributed by atoms with van der Waals surface area (Å²) in [6.07, 6.45) is 0. The normalized spacial score (nSPS) is 11.4. The SMILES string of the molecule is CN=C(C)Oc1cccc(F)c1. The zero-order chi connectivity index (χ0) is 8.97. The Kier molecular flexibility index (Phi) is 2.80. The maximum Gasteiger partial charge on any atom is 0.186 e. The first kappa shape index (κ1) is 8.71. The summed E-state index contributed by atoms with van der Waals surface area (Å²) in [4.78, 5) is 3.79. The van der Waals surface area contributed by atoms with Crippen LogP contribution in [0.3, 0.4) is 0 Å². The third kappa shape index (κ3) is 2.34. The van der Waals surface area contributed by atoms with E-state index in [2.05, 4.69) is 4.99 Å². The fourth-order valence-electron chi connectivity index (χ4n) is 0.747. The van der Waals surface area contributed by atoms with Crippen molar-refractivity contribution in [1.29, 1.82) is 0 Å². The molecule has 0 unspecified atom stereocenters. The van der Waals surface area contributed by atoms with Crippen molar-refractivity contribution in [3.05, 3.63) is 30.1 Å². The van der Waals surface area contributed by atoms with Crippen LogP contribution in [-0.4, -0.2) is 12.9 Å². The van der Waals surface area contributed by atoms with Gasteiger partial charge in [-0.2, -0.15) is 0 Å². The van der Waals surface area contributed by atoms with Crippen molar-refractivity contribution in [3.8, 4) is 5.75 Å². The summed E-state index contributed by atoms with van der Waals surface area (Å²) in [5, 5.41) is 0. The molecule has 1 aromatic rings. The standard InChI is InChI=1S/C9H10FNO/c1-7(11-2)12-9-5-3-4-8(10)6-9/h3-6H,1-2H3. The van der Waals surface area contributed by atoms with E-state index in [4.69, 9.17) is 4.74 Å². The molecule has 0 amide bonds. The number of benzene rings is 1. The van der Waals surface area contributed by atoms with Gasteiger partial charge in [-0.15, -0.1) is 0 Å². The zero-order valence-electron chi connectivity index (χ0n) is 7.04. The lowest BCUT2D eigenvalue weighted by atomic mass is 10.3. The summed E-state index contributed by atoms with van der Waals surface area (Å²) in [7, 11) is 1.62. The molecule has 1 rings (SSSR count). The molecule has 0 aliphatic heterocycles. The van der Waals surface area contributed by atoms with Crippen LogP contribution in [0.25, 0.3) is 0 Å². The van der Waals surface area contributed by atoms with Crippen molar-refractivity contribution >= 4 is 5.90 Å². The van der Waals surface area contributed by atoms with Gasteiger partial charge in [-0.1, -0.05) is 6.07 Å². The minimum Gasteiger partial charge on any atom is -0.444 e. The van der Waals surface area contributed by atoms with E-state index in [0.717, 1.165) is 0 Å². The van der Waals surface area contributed by atoms with E-state index in [-0.39, 0.29) is 5.82 Å². The Labute approximate surface area is 70.7 Å². The van der Waals surface area contributed by atoms with Gasteiger partial charge in [-0.25, -0.2) is 4.39 Å². The van der Waals surface area contributed by atoms with Crippen LogP contribution in [-0.2, 0) is 0 Å². The third-order valence-corrected chi connectivity index (χ3v) is 1.38. The number of aliphatic imine (C=N–C) groups is 1. The first-order chi connectivity index (χ1) is 5.72. The molecule has 0 aliphatic carbocycles. The number of rotatable bonds is 1. The van der Waals surface area contributed by atoms with Gasteiger partial charge in [0.05, 0.1) is 0 Å². The lowest BCUT2D eigenvalue weighted by Gasteiger charge is -2.02. The summed E-state index contributed by atoms with van der Waals surface area (Å²) in [6.45, 7) is 1.71. The van der Waals surface area contributed by atoms with E-state index in [0.29, 0.717) is 11.6 Å². The molecule has 0 fully saturated rings. The van der Waals surface area contributed by atoms with Gasteiger partial charge >= 0.3 is 0 Å². The molecule has 0 spiro atoms. The van der Waals surface area contributed by atoms with Crippen molar-refractivity contribution < 1.29 is 9.13 Å². The number of hydrogen-bond donors (Lipinski definition) is 0. The van der Waals surface area contributed by atoms with E-state index in [1.54, 1.807) is 26.1 Å². The monoisotopic (exact) mass is 167 g/mol. The summed E-state index contributed by atoms with van der Waals surface area (Å²) >= 11 is 0. The topological polar surface area (TPSA) is 21.6 Å². The first-order valence-corrected chi connectivity index (χ1v) is 3.59. The van der Waals surface area contributed by atoms with Crippen molar-refractivity contribution in [2.45, 2.75) is 6.92 Å². The fraction of sp³-hybridized carbons (Fsp3) is 0.222. The quantitative estimate of drug-likeness (QED) is 0.464. The van der Waals surface area contributed by atoms with Crippen molar-refractivity contribution in [1.82, 2.24) is 0 Å². The maximum atomic E-state index is 12.6. The molecule has 0 radical (unpaired) electrons. The second kappa shape index (κ2) is 3.85. The van der Waals surface area contributed by atoms with Crippen LogP contribution in [0.2, 0.25) is 0 Å². The smallest absolute Gasteiger partial charge is 0.186 e. The summed E-state index contributed by atoms with van der Waals surface area (Å²) in [5.41, 5.74) is 0. The molecule has 1 aromatic carbocycles. The molecule has 3 heteroatoms. The molecule has 64 valence electrons.